The average Bonchev–Trinajstić information content (AvgIpc) is 2.44. The highest BCUT2D eigenvalue weighted by molar-refractivity contribution is 5.81. The van der Waals surface area contributed by atoms with E-state index in [1.54, 1.807) is 0 Å². The van der Waals surface area contributed by atoms with E-state index in [-0.39, 0.29) is 6.04 Å². The van der Waals surface area contributed by atoms with Crippen LogP contribution in [0, 0.1) is 0 Å². The van der Waals surface area contributed by atoms with Crippen LogP contribution in [-0.4, -0.2) is 68.5 Å². The Morgan fingerprint density at radius 1 is 1.05 bits per heavy atom. The smallest absolute Gasteiger partial charge is 0.251 e. The lowest BCUT2D eigenvalue weighted by atomic mass is 9.95. The molecule has 0 aliphatic heterocycles. The van der Waals surface area contributed by atoms with E-state index in [0.717, 1.165) is 32.1 Å². The first kappa shape index (κ1) is 16.3. The third-order valence-corrected chi connectivity index (χ3v) is 3.47. The van der Waals surface area contributed by atoms with Crippen LogP contribution in [0.15, 0.2) is 0 Å². The molecule has 1 rings (SSSR count). The van der Waals surface area contributed by atoms with Crippen LogP contribution in [0.1, 0.15) is 32.1 Å². The molecular weight excluding hydrogens is 254 g/mol. The van der Waals surface area contributed by atoms with Crippen LogP contribution >= 0.6 is 0 Å². The topological polar surface area (TPSA) is 130 Å². The lowest BCUT2D eigenvalue weighted by Gasteiger charge is -2.28. The number of amides is 1. The number of rotatable bonds is 6. The predicted molar refractivity (Wildman–Crippen MR) is 66.1 cm³/mol. The second-order valence-corrected chi connectivity index (χ2v) is 5.02. The molecule has 1 amide bonds. The van der Waals surface area contributed by atoms with Gasteiger partial charge in [0, 0.05) is 6.04 Å². The lowest BCUT2D eigenvalue weighted by molar-refractivity contribution is -0.149. The summed E-state index contributed by atoms with van der Waals surface area (Å²) in [6.45, 7) is -0.769. The largest absolute Gasteiger partial charge is 0.394 e. The molecule has 0 aromatic heterocycles. The molecule has 0 aromatic carbocycles. The van der Waals surface area contributed by atoms with Crippen LogP contribution < -0.4 is 5.32 Å². The summed E-state index contributed by atoms with van der Waals surface area (Å²) in [5.74, 6) is -0.774. The van der Waals surface area contributed by atoms with E-state index in [0.29, 0.717) is 0 Å². The summed E-state index contributed by atoms with van der Waals surface area (Å²) >= 11 is 0. The highest BCUT2D eigenvalue weighted by atomic mass is 16.4. The molecule has 0 heterocycles. The zero-order chi connectivity index (χ0) is 14.4. The van der Waals surface area contributed by atoms with Crippen molar-refractivity contribution < 1.29 is 30.3 Å². The van der Waals surface area contributed by atoms with Gasteiger partial charge in [0.15, 0.2) is 6.10 Å². The van der Waals surface area contributed by atoms with Gasteiger partial charge >= 0.3 is 0 Å². The van der Waals surface area contributed by atoms with Crippen molar-refractivity contribution in [2.75, 3.05) is 6.61 Å². The number of nitrogens with one attached hydrogen (secondary N) is 1. The van der Waals surface area contributed by atoms with Crippen molar-refractivity contribution in [3.8, 4) is 0 Å². The van der Waals surface area contributed by atoms with Gasteiger partial charge in [0.2, 0.25) is 0 Å². The highest BCUT2D eigenvalue weighted by Gasteiger charge is 2.34. The summed E-state index contributed by atoms with van der Waals surface area (Å²) in [6, 6.07) is -0.0250. The second-order valence-electron chi connectivity index (χ2n) is 5.02. The Hall–Kier alpha value is -0.730. The Balaban J connectivity index is 2.46. The molecule has 0 radical (unpaired) electrons. The summed E-state index contributed by atoms with van der Waals surface area (Å²) in [7, 11) is 0. The minimum absolute atomic E-state index is 0.0250. The number of aliphatic hydroxyl groups excluding tert-OH is 5. The van der Waals surface area contributed by atoms with E-state index in [4.69, 9.17) is 10.2 Å². The molecule has 0 bridgehead atoms. The molecule has 4 atom stereocenters. The second kappa shape index (κ2) is 7.76. The van der Waals surface area contributed by atoms with E-state index in [2.05, 4.69) is 5.32 Å². The molecule has 19 heavy (non-hydrogen) atoms. The van der Waals surface area contributed by atoms with Crippen LogP contribution in [0.2, 0.25) is 0 Å². The van der Waals surface area contributed by atoms with Crippen molar-refractivity contribution in [3.63, 3.8) is 0 Å². The maximum Gasteiger partial charge on any atom is 0.251 e. The summed E-state index contributed by atoms with van der Waals surface area (Å²) in [4.78, 5) is 11.7. The fourth-order valence-electron chi connectivity index (χ4n) is 2.21. The van der Waals surface area contributed by atoms with Crippen molar-refractivity contribution in [1.82, 2.24) is 5.32 Å². The van der Waals surface area contributed by atoms with Crippen molar-refractivity contribution in [2.45, 2.75) is 62.6 Å². The first-order valence-electron chi connectivity index (χ1n) is 6.61. The Kier molecular flexibility index (Phi) is 6.67. The molecule has 6 N–H and O–H groups in total. The van der Waals surface area contributed by atoms with Gasteiger partial charge < -0.3 is 30.8 Å². The zero-order valence-electron chi connectivity index (χ0n) is 10.8. The van der Waals surface area contributed by atoms with E-state index in [9.17, 15) is 20.1 Å². The quantitative estimate of drug-likeness (QED) is 0.329. The van der Waals surface area contributed by atoms with Gasteiger partial charge in [-0.25, -0.2) is 0 Å². The molecule has 7 nitrogen and oxygen atoms in total. The molecule has 1 aliphatic rings. The lowest BCUT2D eigenvalue weighted by Crippen LogP contribution is -2.53. The Bertz CT molecular complexity index is 281. The van der Waals surface area contributed by atoms with Gasteiger partial charge in [-0.2, -0.15) is 0 Å². The first-order valence-corrected chi connectivity index (χ1v) is 6.61. The normalized spacial score (nSPS) is 23.4. The number of hydrogen-bond donors (Lipinski definition) is 6. The monoisotopic (exact) mass is 277 g/mol. The third kappa shape index (κ3) is 4.70. The summed E-state index contributed by atoms with van der Waals surface area (Å²) < 4.78 is 0. The fraction of sp³-hybridized carbons (Fsp3) is 0.917. The van der Waals surface area contributed by atoms with Crippen molar-refractivity contribution in [2.24, 2.45) is 0 Å². The van der Waals surface area contributed by atoms with Crippen LogP contribution in [0.25, 0.3) is 0 Å². The number of carbonyl (C=O) groups excluding carboxylic acids is 1. The van der Waals surface area contributed by atoms with Crippen molar-refractivity contribution in [3.05, 3.63) is 0 Å². The van der Waals surface area contributed by atoms with E-state index in [1.165, 1.54) is 0 Å². The maximum atomic E-state index is 11.7. The number of hydrogen-bond acceptors (Lipinski definition) is 6. The van der Waals surface area contributed by atoms with Crippen molar-refractivity contribution >= 4 is 5.91 Å². The number of carbonyl (C=O) groups is 1. The fourth-order valence-corrected chi connectivity index (χ4v) is 2.21. The molecular formula is C12H23NO6. The highest BCUT2D eigenvalue weighted by Crippen LogP contribution is 2.17. The van der Waals surface area contributed by atoms with Crippen molar-refractivity contribution in [1.29, 1.82) is 0 Å². The number of aliphatic hydroxyl groups is 5. The molecule has 0 saturated heterocycles. The molecule has 7 heteroatoms. The molecule has 4 unspecified atom stereocenters. The van der Waals surface area contributed by atoms with E-state index >= 15 is 0 Å². The van der Waals surface area contributed by atoms with E-state index < -0.39 is 36.9 Å². The van der Waals surface area contributed by atoms with Gasteiger partial charge in [0.05, 0.1) is 6.61 Å². The first-order chi connectivity index (χ1) is 8.97. The standard InChI is InChI=1S/C12H23NO6/c14-6-8(15)9(16)10(17)11(18)12(19)13-7-4-2-1-3-5-7/h7-11,14-18H,1-6H2,(H,13,19). The van der Waals surface area contributed by atoms with Gasteiger partial charge in [0.1, 0.15) is 18.3 Å². The third-order valence-electron chi connectivity index (χ3n) is 3.47. The molecule has 0 spiro atoms. The predicted octanol–water partition coefficient (Wildman–Crippen LogP) is -2.13. The van der Waals surface area contributed by atoms with Gasteiger partial charge in [-0.15, -0.1) is 0 Å². The van der Waals surface area contributed by atoms with Gasteiger partial charge in [-0.05, 0) is 12.8 Å². The minimum atomic E-state index is -1.84. The molecule has 112 valence electrons. The Morgan fingerprint density at radius 2 is 1.63 bits per heavy atom. The average molecular weight is 277 g/mol. The van der Waals surface area contributed by atoms with Gasteiger partial charge in [-0.1, -0.05) is 19.3 Å². The summed E-state index contributed by atoms with van der Waals surface area (Å²) in [5, 5.41) is 49.0. The summed E-state index contributed by atoms with van der Waals surface area (Å²) in [6.07, 6.45) is -2.26. The Morgan fingerprint density at radius 3 is 2.16 bits per heavy atom. The van der Waals surface area contributed by atoms with Crippen LogP contribution in [0.4, 0.5) is 0 Å². The summed E-state index contributed by atoms with van der Waals surface area (Å²) in [5.41, 5.74) is 0. The SMILES string of the molecule is O=C(NC1CCCCC1)C(O)C(O)C(O)C(O)CO. The molecule has 1 fully saturated rings. The van der Waals surface area contributed by atoms with Gasteiger partial charge in [-0.3, -0.25) is 4.79 Å². The van der Waals surface area contributed by atoms with Crippen LogP contribution in [0.5, 0.6) is 0 Å². The Labute approximate surface area is 111 Å². The van der Waals surface area contributed by atoms with E-state index in [1.807, 2.05) is 0 Å². The van der Waals surface area contributed by atoms with Gasteiger partial charge in [0.25, 0.3) is 5.91 Å². The van der Waals surface area contributed by atoms with Crippen LogP contribution in [0.3, 0.4) is 0 Å². The van der Waals surface area contributed by atoms with Crippen LogP contribution in [-0.2, 0) is 4.79 Å². The molecule has 1 aliphatic carbocycles. The minimum Gasteiger partial charge on any atom is -0.394 e. The molecule has 1 saturated carbocycles. The maximum absolute atomic E-state index is 11.7. The zero-order valence-corrected chi connectivity index (χ0v) is 10.8. The molecule has 0 aromatic rings.